The minimum Gasteiger partial charge on any atom is -0.462 e. The molecule has 0 radical (unpaired) electrons. The summed E-state index contributed by atoms with van der Waals surface area (Å²) in [6, 6.07) is 0. The van der Waals surface area contributed by atoms with Gasteiger partial charge in [-0.15, -0.1) is 0 Å². The van der Waals surface area contributed by atoms with Crippen LogP contribution >= 0.6 is 0 Å². The van der Waals surface area contributed by atoms with Crippen molar-refractivity contribution in [1.82, 2.24) is 0 Å². The zero-order valence-corrected chi connectivity index (χ0v) is 48.6. The normalized spacial score (nSPS) is 12.7. The van der Waals surface area contributed by atoms with Crippen molar-refractivity contribution in [2.24, 2.45) is 0 Å². The van der Waals surface area contributed by atoms with Crippen LogP contribution in [-0.2, 0) is 28.6 Å². The van der Waals surface area contributed by atoms with E-state index < -0.39 is 6.10 Å². The van der Waals surface area contributed by atoms with E-state index in [1.165, 1.54) is 141 Å². The molecular weight excluding hydrogens is 913 g/mol. The lowest BCUT2D eigenvalue weighted by Crippen LogP contribution is -2.30. The Labute approximate surface area is 457 Å². The van der Waals surface area contributed by atoms with E-state index in [-0.39, 0.29) is 31.1 Å². The fourth-order valence-corrected chi connectivity index (χ4v) is 8.65. The summed E-state index contributed by atoms with van der Waals surface area (Å²) in [6.45, 7) is 6.51. The monoisotopic (exact) mass is 1030 g/mol. The number of carbonyl (C=O) groups is 3. The van der Waals surface area contributed by atoms with Crippen molar-refractivity contribution in [3.63, 3.8) is 0 Å². The minimum atomic E-state index is -0.795. The molecular formula is C68H116O6. The zero-order valence-electron chi connectivity index (χ0n) is 48.6. The second kappa shape index (κ2) is 61.9. The van der Waals surface area contributed by atoms with Crippen LogP contribution in [0.2, 0.25) is 0 Å². The zero-order chi connectivity index (χ0) is 53.6. The third-order valence-electron chi connectivity index (χ3n) is 13.3. The Morgan fingerprint density at radius 3 is 0.851 bits per heavy atom. The number of rotatable bonds is 56. The van der Waals surface area contributed by atoms with Crippen LogP contribution in [0.3, 0.4) is 0 Å². The lowest BCUT2D eigenvalue weighted by molar-refractivity contribution is -0.167. The third-order valence-corrected chi connectivity index (χ3v) is 13.3. The minimum absolute atomic E-state index is 0.0905. The van der Waals surface area contributed by atoms with Crippen molar-refractivity contribution in [3.8, 4) is 0 Å². The molecule has 0 bridgehead atoms. The number of carbonyl (C=O) groups excluding carboxylic acids is 3. The molecule has 0 aromatic carbocycles. The van der Waals surface area contributed by atoms with Crippen LogP contribution in [0.15, 0.2) is 97.2 Å². The van der Waals surface area contributed by atoms with Gasteiger partial charge in [-0.25, -0.2) is 0 Å². The third kappa shape index (κ3) is 59.2. The predicted molar refractivity (Wildman–Crippen MR) is 320 cm³/mol. The van der Waals surface area contributed by atoms with E-state index in [4.69, 9.17) is 14.2 Å². The summed E-state index contributed by atoms with van der Waals surface area (Å²) in [6.07, 6.45) is 82.6. The number of esters is 3. The first-order valence-electron chi connectivity index (χ1n) is 31.2. The molecule has 0 aromatic heterocycles. The average molecular weight is 1030 g/mol. The molecule has 0 aromatic rings. The maximum atomic E-state index is 12.9. The maximum absolute atomic E-state index is 12.9. The Kier molecular flexibility index (Phi) is 58.8. The molecule has 1 atom stereocenters. The Balaban J connectivity index is 4.42. The number of hydrogen-bond donors (Lipinski definition) is 0. The second-order valence-corrected chi connectivity index (χ2v) is 20.6. The average Bonchev–Trinajstić information content (AvgIpc) is 3.40. The van der Waals surface area contributed by atoms with Crippen molar-refractivity contribution in [1.29, 1.82) is 0 Å². The van der Waals surface area contributed by atoms with Gasteiger partial charge in [-0.2, -0.15) is 0 Å². The van der Waals surface area contributed by atoms with Gasteiger partial charge in [-0.1, -0.05) is 272 Å². The van der Waals surface area contributed by atoms with E-state index in [1.54, 1.807) is 0 Å². The number of allylic oxidation sites excluding steroid dienone is 16. The molecule has 1 unspecified atom stereocenters. The quantitative estimate of drug-likeness (QED) is 0.0261. The highest BCUT2D eigenvalue weighted by Crippen LogP contribution is 2.16. The van der Waals surface area contributed by atoms with E-state index in [9.17, 15) is 14.4 Å². The Bertz CT molecular complexity index is 1460. The fraction of sp³-hybridized carbons (Fsp3) is 0.721. The molecule has 0 rings (SSSR count). The van der Waals surface area contributed by atoms with Crippen molar-refractivity contribution in [2.45, 2.75) is 303 Å². The van der Waals surface area contributed by atoms with Crippen LogP contribution in [0.4, 0.5) is 0 Å². The number of ether oxygens (including phenoxy) is 3. The van der Waals surface area contributed by atoms with Gasteiger partial charge >= 0.3 is 17.9 Å². The summed E-state index contributed by atoms with van der Waals surface area (Å²) in [4.78, 5) is 38.3. The van der Waals surface area contributed by atoms with Gasteiger partial charge in [0, 0.05) is 19.3 Å². The molecule has 0 amide bonds. The van der Waals surface area contributed by atoms with Crippen molar-refractivity contribution in [2.75, 3.05) is 13.2 Å². The van der Waals surface area contributed by atoms with E-state index in [2.05, 4.69) is 118 Å². The van der Waals surface area contributed by atoms with Gasteiger partial charge in [0.2, 0.25) is 0 Å². The molecule has 0 saturated carbocycles. The molecule has 0 N–H and O–H groups in total. The van der Waals surface area contributed by atoms with E-state index in [0.29, 0.717) is 19.3 Å². The van der Waals surface area contributed by atoms with Crippen LogP contribution in [0, 0.1) is 0 Å². The number of hydrogen-bond acceptors (Lipinski definition) is 6. The van der Waals surface area contributed by atoms with Gasteiger partial charge in [0.15, 0.2) is 6.10 Å². The summed E-state index contributed by atoms with van der Waals surface area (Å²) in [5, 5.41) is 0. The van der Waals surface area contributed by atoms with Crippen molar-refractivity contribution >= 4 is 17.9 Å². The van der Waals surface area contributed by atoms with Gasteiger partial charge in [0.1, 0.15) is 13.2 Å². The molecule has 0 aliphatic rings. The molecule has 6 heteroatoms. The topological polar surface area (TPSA) is 78.9 Å². The highest BCUT2D eigenvalue weighted by atomic mass is 16.6. The standard InChI is InChI=1S/C68H116O6/c1-4-7-10-13-16-19-22-25-28-30-31-32-33-34-35-36-37-38-41-43-46-49-52-55-58-61-67(70)73-64-65(63-72-66(69)60-57-54-51-48-45-42-39-27-24-21-18-15-12-9-6-3)74-68(71)62-59-56-53-50-47-44-40-29-26-23-20-17-14-11-8-5-2/h7,10,16,19,25,27-28,31-32,34-35,37-39,43,46,65H,4-6,8-9,11-15,17-18,20-24,26,29-30,33,36,40-42,44-45,47-64H2,1-3H3/b10-7-,19-16-,28-25-,32-31-,35-34-,38-37-,39-27-,46-43-. The fourth-order valence-electron chi connectivity index (χ4n) is 8.65. The Morgan fingerprint density at radius 2 is 0.527 bits per heavy atom. The molecule has 0 spiro atoms. The lowest BCUT2D eigenvalue weighted by Gasteiger charge is -2.18. The lowest BCUT2D eigenvalue weighted by atomic mass is 10.0. The van der Waals surface area contributed by atoms with Crippen LogP contribution < -0.4 is 0 Å². The first-order chi connectivity index (χ1) is 36.5. The molecule has 0 saturated heterocycles. The SMILES string of the molecule is CC/C=C\C/C=C\C/C=C\C/C=C\C/C=C\C/C=C\C/C=C\CCCCCC(=O)OCC(COC(=O)CCCCCCC/C=C\CCCCCCCC)OC(=O)CCCCCCCCCCCCCCCCCC. The number of unbranched alkanes of at least 4 members (excludes halogenated alkanes) is 29. The first kappa shape index (κ1) is 70.3. The first-order valence-corrected chi connectivity index (χ1v) is 31.2. The predicted octanol–water partition coefficient (Wildman–Crippen LogP) is 21.3. The maximum Gasteiger partial charge on any atom is 0.306 e. The largest absolute Gasteiger partial charge is 0.462 e. The van der Waals surface area contributed by atoms with Crippen LogP contribution in [-0.4, -0.2) is 37.2 Å². The highest BCUT2D eigenvalue weighted by Gasteiger charge is 2.19. The summed E-state index contributed by atoms with van der Waals surface area (Å²) in [7, 11) is 0. The van der Waals surface area contributed by atoms with Gasteiger partial charge in [-0.05, 0) is 103 Å². The van der Waals surface area contributed by atoms with Crippen molar-refractivity contribution < 1.29 is 28.6 Å². The smallest absolute Gasteiger partial charge is 0.306 e. The van der Waals surface area contributed by atoms with Crippen molar-refractivity contribution in [3.05, 3.63) is 97.2 Å². The Hall–Kier alpha value is -3.67. The van der Waals surface area contributed by atoms with Crippen LogP contribution in [0.5, 0.6) is 0 Å². The van der Waals surface area contributed by atoms with E-state index in [0.717, 1.165) is 116 Å². The Morgan fingerprint density at radius 1 is 0.284 bits per heavy atom. The molecule has 0 heterocycles. The van der Waals surface area contributed by atoms with Crippen LogP contribution in [0.1, 0.15) is 297 Å². The summed E-state index contributed by atoms with van der Waals surface area (Å²) >= 11 is 0. The van der Waals surface area contributed by atoms with Gasteiger partial charge in [0.05, 0.1) is 0 Å². The summed E-state index contributed by atoms with van der Waals surface area (Å²) in [5.74, 6) is -0.922. The molecule has 424 valence electrons. The summed E-state index contributed by atoms with van der Waals surface area (Å²) in [5.41, 5.74) is 0. The van der Waals surface area contributed by atoms with Crippen LogP contribution in [0.25, 0.3) is 0 Å². The van der Waals surface area contributed by atoms with Gasteiger partial charge in [-0.3, -0.25) is 14.4 Å². The second-order valence-electron chi connectivity index (χ2n) is 20.6. The molecule has 6 nitrogen and oxygen atoms in total. The molecule has 74 heavy (non-hydrogen) atoms. The molecule has 0 aliphatic heterocycles. The molecule has 0 aliphatic carbocycles. The van der Waals surface area contributed by atoms with E-state index >= 15 is 0 Å². The van der Waals surface area contributed by atoms with Gasteiger partial charge in [0.25, 0.3) is 0 Å². The molecule has 0 fully saturated rings. The van der Waals surface area contributed by atoms with E-state index in [1.807, 2.05) is 0 Å². The highest BCUT2D eigenvalue weighted by molar-refractivity contribution is 5.71. The van der Waals surface area contributed by atoms with Gasteiger partial charge < -0.3 is 14.2 Å². The summed E-state index contributed by atoms with van der Waals surface area (Å²) < 4.78 is 16.9.